The zero-order chi connectivity index (χ0) is 11.6. The highest BCUT2D eigenvalue weighted by atomic mass is 16.4. The van der Waals surface area contributed by atoms with E-state index in [1.165, 1.54) is 0 Å². The summed E-state index contributed by atoms with van der Waals surface area (Å²) in [6, 6.07) is 7.00. The van der Waals surface area contributed by atoms with Crippen LogP contribution in [0.4, 0.5) is 0 Å². The van der Waals surface area contributed by atoms with Gasteiger partial charge in [-0.05, 0) is 16.5 Å². The average Bonchev–Trinajstić information content (AvgIpc) is 2.15. The van der Waals surface area contributed by atoms with Crippen LogP contribution in [0.25, 0.3) is 0 Å². The van der Waals surface area contributed by atoms with Crippen molar-refractivity contribution in [2.75, 3.05) is 0 Å². The molecular formula is C12H16O3. The van der Waals surface area contributed by atoms with E-state index in [0.29, 0.717) is 5.56 Å². The topological polar surface area (TPSA) is 57.5 Å². The molecule has 1 aromatic rings. The maximum absolute atomic E-state index is 10.5. The molecule has 0 aliphatic carbocycles. The summed E-state index contributed by atoms with van der Waals surface area (Å²) >= 11 is 0. The number of rotatable bonds is 2. The summed E-state index contributed by atoms with van der Waals surface area (Å²) in [6.07, 6.45) is -1.43. The third-order valence-electron chi connectivity index (χ3n) is 2.33. The molecule has 0 amide bonds. The van der Waals surface area contributed by atoms with E-state index in [9.17, 15) is 9.90 Å². The lowest BCUT2D eigenvalue weighted by Crippen LogP contribution is -2.13. The standard InChI is InChI=1S/C12H16O3/c1-12(2,3)9-6-4-8(5-7-9)10(13)11(14)15/h4-7,10,13H,1-3H3,(H,14,15)/t10-/m1/s1. The Kier molecular flexibility index (Phi) is 3.15. The molecule has 0 spiro atoms. The SMILES string of the molecule is CC(C)(C)c1ccc([C@@H](O)C(=O)O)cc1. The highest BCUT2D eigenvalue weighted by Gasteiger charge is 2.17. The van der Waals surface area contributed by atoms with Gasteiger partial charge in [-0.2, -0.15) is 0 Å². The fourth-order valence-corrected chi connectivity index (χ4v) is 1.31. The fourth-order valence-electron chi connectivity index (χ4n) is 1.31. The molecule has 0 heterocycles. The molecule has 0 saturated heterocycles. The Balaban J connectivity index is 2.95. The molecule has 0 saturated carbocycles. The van der Waals surface area contributed by atoms with Crippen molar-refractivity contribution in [3.63, 3.8) is 0 Å². The van der Waals surface area contributed by atoms with Gasteiger partial charge in [0, 0.05) is 0 Å². The second-order valence-electron chi connectivity index (χ2n) is 4.61. The predicted octanol–water partition coefficient (Wildman–Crippen LogP) is 2.10. The molecule has 1 aromatic carbocycles. The second kappa shape index (κ2) is 4.03. The predicted molar refractivity (Wildman–Crippen MR) is 57.7 cm³/mol. The van der Waals surface area contributed by atoms with Crippen LogP contribution in [0.5, 0.6) is 0 Å². The molecule has 2 N–H and O–H groups in total. The highest BCUT2D eigenvalue weighted by molar-refractivity contribution is 5.74. The van der Waals surface area contributed by atoms with E-state index >= 15 is 0 Å². The van der Waals surface area contributed by atoms with Crippen LogP contribution >= 0.6 is 0 Å². The Morgan fingerprint density at radius 3 is 2.00 bits per heavy atom. The molecule has 82 valence electrons. The summed E-state index contributed by atoms with van der Waals surface area (Å²) in [5, 5.41) is 17.9. The Morgan fingerprint density at radius 2 is 1.67 bits per heavy atom. The molecule has 0 fully saturated rings. The molecule has 1 rings (SSSR count). The normalized spacial score (nSPS) is 13.6. The Hall–Kier alpha value is -1.35. The summed E-state index contributed by atoms with van der Waals surface area (Å²) in [7, 11) is 0. The Morgan fingerprint density at radius 1 is 1.20 bits per heavy atom. The van der Waals surface area contributed by atoms with Crippen LogP contribution in [0.15, 0.2) is 24.3 Å². The minimum absolute atomic E-state index is 0.0344. The van der Waals surface area contributed by atoms with Crippen molar-refractivity contribution in [3.05, 3.63) is 35.4 Å². The van der Waals surface area contributed by atoms with E-state index in [-0.39, 0.29) is 5.41 Å². The van der Waals surface area contributed by atoms with E-state index in [2.05, 4.69) is 20.8 Å². The Labute approximate surface area is 89.4 Å². The van der Waals surface area contributed by atoms with Crippen LogP contribution in [-0.2, 0) is 10.2 Å². The second-order valence-corrected chi connectivity index (χ2v) is 4.61. The molecule has 0 aliphatic rings. The van der Waals surface area contributed by atoms with Crippen molar-refractivity contribution in [3.8, 4) is 0 Å². The molecule has 0 aromatic heterocycles. The van der Waals surface area contributed by atoms with Gasteiger partial charge < -0.3 is 10.2 Å². The molecule has 15 heavy (non-hydrogen) atoms. The van der Waals surface area contributed by atoms with Gasteiger partial charge in [-0.25, -0.2) is 4.79 Å². The summed E-state index contributed by atoms with van der Waals surface area (Å²) in [4.78, 5) is 10.5. The monoisotopic (exact) mass is 208 g/mol. The molecule has 0 bridgehead atoms. The maximum atomic E-state index is 10.5. The van der Waals surface area contributed by atoms with Gasteiger partial charge in [0.2, 0.25) is 0 Å². The van der Waals surface area contributed by atoms with E-state index < -0.39 is 12.1 Å². The number of aliphatic carboxylic acids is 1. The van der Waals surface area contributed by atoms with Crippen molar-refractivity contribution < 1.29 is 15.0 Å². The number of aliphatic hydroxyl groups excluding tert-OH is 1. The minimum Gasteiger partial charge on any atom is -0.479 e. The van der Waals surface area contributed by atoms with E-state index in [4.69, 9.17) is 5.11 Å². The first kappa shape index (κ1) is 11.7. The van der Waals surface area contributed by atoms with E-state index in [1.54, 1.807) is 12.1 Å². The van der Waals surface area contributed by atoms with Crippen LogP contribution in [0.1, 0.15) is 38.0 Å². The quantitative estimate of drug-likeness (QED) is 0.782. The number of hydrogen-bond acceptors (Lipinski definition) is 2. The first-order chi connectivity index (χ1) is 6.82. The van der Waals surface area contributed by atoms with Gasteiger partial charge >= 0.3 is 5.97 Å². The molecular weight excluding hydrogens is 192 g/mol. The summed E-state index contributed by atoms with van der Waals surface area (Å²) < 4.78 is 0. The van der Waals surface area contributed by atoms with Crippen LogP contribution < -0.4 is 0 Å². The number of benzene rings is 1. The smallest absolute Gasteiger partial charge is 0.337 e. The molecule has 3 nitrogen and oxygen atoms in total. The third-order valence-corrected chi connectivity index (χ3v) is 2.33. The highest BCUT2D eigenvalue weighted by Crippen LogP contribution is 2.23. The van der Waals surface area contributed by atoms with Crippen LogP contribution in [0.2, 0.25) is 0 Å². The lowest BCUT2D eigenvalue weighted by atomic mass is 9.86. The van der Waals surface area contributed by atoms with Crippen LogP contribution in [0, 0.1) is 0 Å². The lowest BCUT2D eigenvalue weighted by molar-refractivity contribution is -0.146. The van der Waals surface area contributed by atoms with Crippen molar-refractivity contribution in [1.29, 1.82) is 0 Å². The molecule has 0 unspecified atom stereocenters. The minimum atomic E-state index is -1.43. The molecule has 1 atom stereocenters. The number of carboxylic acid groups (broad SMARTS) is 1. The van der Waals surface area contributed by atoms with Crippen molar-refractivity contribution in [2.45, 2.75) is 32.3 Å². The molecule has 3 heteroatoms. The Bertz CT molecular complexity index is 346. The van der Waals surface area contributed by atoms with Gasteiger partial charge in [-0.1, -0.05) is 45.0 Å². The van der Waals surface area contributed by atoms with Gasteiger partial charge in [-0.15, -0.1) is 0 Å². The number of aliphatic hydroxyl groups is 1. The van der Waals surface area contributed by atoms with E-state index in [1.807, 2.05) is 12.1 Å². The number of carbonyl (C=O) groups is 1. The first-order valence-corrected chi connectivity index (χ1v) is 4.83. The van der Waals surface area contributed by atoms with Crippen molar-refractivity contribution in [1.82, 2.24) is 0 Å². The van der Waals surface area contributed by atoms with Gasteiger partial charge in [0.15, 0.2) is 6.10 Å². The van der Waals surface area contributed by atoms with E-state index in [0.717, 1.165) is 5.56 Å². The molecule has 0 radical (unpaired) electrons. The van der Waals surface area contributed by atoms with Crippen molar-refractivity contribution in [2.24, 2.45) is 0 Å². The van der Waals surface area contributed by atoms with Gasteiger partial charge in [0.1, 0.15) is 0 Å². The maximum Gasteiger partial charge on any atom is 0.337 e. The van der Waals surface area contributed by atoms with Gasteiger partial charge in [0.05, 0.1) is 0 Å². The fraction of sp³-hybridized carbons (Fsp3) is 0.417. The van der Waals surface area contributed by atoms with Crippen molar-refractivity contribution >= 4 is 5.97 Å². The van der Waals surface area contributed by atoms with Gasteiger partial charge in [-0.3, -0.25) is 0 Å². The lowest BCUT2D eigenvalue weighted by Gasteiger charge is -2.19. The first-order valence-electron chi connectivity index (χ1n) is 4.83. The largest absolute Gasteiger partial charge is 0.479 e. The number of hydrogen-bond donors (Lipinski definition) is 2. The number of carboxylic acids is 1. The summed E-state index contributed by atoms with van der Waals surface area (Å²) in [6.45, 7) is 6.24. The van der Waals surface area contributed by atoms with Gasteiger partial charge in [0.25, 0.3) is 0 Å². The molecule has 0 aliphatic heterocycles. The average molecular weight is 208 g/mol. The van der Waals surface area contributed by atoms with Crippen LogP contribution in [-0.4, -0.2) is 16.2 Å². The third kappa shape index (κ3) is 2.80. The zero-order valence-corrected chi connectivity index (χ0v) is 9.19. The zero-order valence-electron chi connectivity index (χ0n) is 9.19. The summed E-state index contributed by atoms with van der Waals surface area (Å²) in [5.74, 6) is -1.22. The van der Waals surface area contributed by atoms with Crippen LogP contribution in [0.3, 0.4) is 0 Å². The summed E-state index contributed by atoms with van der Waals surface area (Å²) in [5.41, 5.74) is 1.56.